The van der Waals surface area contributed by atoms with Crippen LogP contribution in [0.2, 0.25) is 0 Å². The summed E-state index contributed by atoms with van der Waals surface area (Å²) in [6.45, 7) is 8.94. The predicted molar refractivity (Wildman–Crippen MR) is 46.9 cm³/mol. The second-order valence-corrected chi connectivity index (χ2v) is 3.63. The molecule has 0 saturated carbocycles. The minimum absolute atomic E-state index is 0.414. The molecule has 0 aliphatic carbocycles. The lowest BCUT2D eigenvalue weighted by atomic mass is 9.91. The number of hydrogen-bond acceptors (Lipinski definition) is 1. The molecule has 0 aromatic heterocycles. The van der Waals surface area contributed by atoms with Gasteiger partial charge in [-0.3, -0.25) is 0 Å². The van der Waals surface area contributed by atoms with Crippen molar-refractivity contribution in [3.8, 4) is 0 Å². The van der Waals surface area contributed by atoms with Crippen LogP contribution in [0, 0.1) is 11.8 Å². The lowest BCUT2D eigenvalue weighted by Gasteiger charge is -2.18. The van der Waals surface area contributed by atoms with Crippen molar-refractivity contribution < 1.29 is 0 Å². The van der Waals surface area contributed by atoms with E-state index in [1.807, 2.05) is 0 Å². The van der Waals surface area contributed by atoms with Crippen molar-refractivity contribution in [3.63, 3.8) is 0 Å². The second-order valence-electron chi connectivity index (χ2n) is 3.63. The van der Waals surface area contributed by atoms with Crippen LogP contribution in [0.1, 0.15) is 40.5 Å². The number of rotatable bonds is 4. The third kappa shape index (κ3) is 3.89. The van der Waals surface area contributed by atoms with E-state index >= 15 is 0 Å². The molecule has 2 N–H and O–H groups in total. The molecule has 62 valence electrons. The molecule has 10 heavy (non-hydrogen) atoms. The van der Waals surface area contributed by atoms with E-state index in [-0.39, 0.29) is 0 Å². The van der Waals surface area contributed by atoms with Gasteiger partial charge in [-0.15, -0.1) is 0 Å². The summed E-state index contributed by atoms with van der Waals surface area (Å²) in [5, 5.41) is 0. The van der Waals surface area contributed by atoms with Crippen LogP contribution in [0.25, 0.3) is 0 Å². The average Bonchev–Trinajstić information content (AvgIpc) is 1.87. The van der Waals surface area contributed by atoms with E-state index in [1.165, 1.54) is 6.42 Å². The van der Waals surface area contributed by atoms with Crippen molar-refractivity contribution in [2.24, 2.45) is 17.6 Å². The molecule has 0 aromatic carbocycles. The van der Waals surface area contributed by atoms with Crippen LogP contribution < -0.4 is 5.73 Å². The fourth-order valence-corrected chi connectivity index (χ4v) is 0.916. The number of hydrogen-bond donors (Lipinski definition) is 1. The first-order valence-electron chi connectivity index (χ1n) is 4.33. The van der Waals surface area contributed by atoms with Gasteiger partial charge in [-0.2, -0.15) is 0 Å². The highest BCUT2D eigenvalue weighted by molar-refractivity contribution is 4.65. The first-order chi connectivity index (χ1) is 4.57. The maximum atomic E-state index is 5.81. The van der Waals surface area contributed by atoms with Gasteiger partial charge in [-0.1, -0.05) is 27.7 Å². The van der Waals surface area contributed by atoms with Crippen molar-refractivity contribution >= 4 is 0 Å². The highest BCUT2D eigenvalue weighted by atomic mass is 14.6. The Hall–Kier alpha value is -0.0400. The van der Waals surface area contributed by atoms with Crippen LogP contribution in [0.3, 0.4) is 0 Å². The molecule has 0 radical (unpaired) electrons. The Morgan fingerprint density at radius 1 is 1.20 bits per heavy atom. The summed E-state index contributed by atoms with van der Waals surface area (Å²) in [5.74, 6) is 1.55. The van der Waals surface area contributed by atoms with Gasteiger partial charge in [0, 0.05) is 6.04 Å². The monoisotopic (exact) mass is 143 g/mol. The van der Waals surface area contributed by atoms with Gasteiger partial charge in [-0.25, -0.2) is 0 Å². The van der Waals surface area contributed by atoms with Crippen molar-refractivity contribution in [2.75, 3.05) is 0 Å². The zero-order chi connectivity index (χ0) is 8.15. The maximum absolute atomic E-state index is 5.81. The summed E-state index contributed by atoms with van der Waals surface area (Å²) in [4.78, 5) is 0. The van der Waals surface area contributed by atoms with Gasteiger partial charge in [0.05, 0.1) is 0 Å². The molecule has 0 amide bonds. The minimum atomic E-state index is 0.414. The Morgan fingerprint density at radius 2 is 1.70 bits per heavy atom. The van der Waals surface area contributed by atoms with Crippen molar-refractivity contribution in [1.82, 2.24) is 0 Å². The van der Waals surface area contributed by atoms with Gasteiger partial charge in [0.15, 0.2) is 0 Å². The fourth-order valence-electron chi connectivity index (χ4n) is 0.916. The van der Waals surface area contributed by atoms with Gasteiger partial charge < -0.3 is 5.73 Å². The quantitative estimate of drug-likeness (QED) is 0.642. The molecule has 0 bridgehead atoms. The zero-order valence-electron chi connectivity index (χ0n) is 7.72. The molecule has 0 aromatic rings. The van der Waals surface area contributed by atoms with Gasteiger partial charge in [-0.05, 0) is 24.7 Å². The first kappa shape index (κ1) is 9.96. The summed E-state index contributed by atoms with van der Waals surface area (Å²) in [7, 11) is 0. The lowest BCUT2D eigenvalue weighted by molar-refractivity contribution is 0.356. The largest absolute Gasteiger partial charge is 0.328 e. The normalized spacial score (nSPS) is 17.4. The molecule has 0 saturated heterocycles. The SMILES string of the molecule is CC[C@H](N)C[C@@H](C)C(C)C. The van der Waals surface area contributed by atoms with Gasteiger partial charge >= 0.3 is 0 Å². The van der Waals surface area contributed by atoms with E-state index in [0.717, 1.165) is 18.3 Å². The Bertz CT molecular complexity index is 78.8. The first-order valence-corrected chi connectivity index (χ1v) is 4.33. The van der Waals surface area contributed by atoms with E-state index in [9.17, 15) is 0 Å². The summed E-state index contributed by atoms with van der Waals surface area (Å²) in [5.41, 5.74) is 5.81. The topological polar surface area (TPSA) is 26.0 Å². The fraction of sp³-hybridized carbons (Fsp3) is 1.00. The highest BCUT2D eigenvalue weighted by Crippen LogP contribution is 2.15. The average molecular weight is 143 g/mol. The molecule has 2 atom stereocenters. The highest BCUT2D eigenvalue weighted by Gasteiger charge is 2.10. The van der Waals surface area contributed by atoms with E-state index in [0.29, 0.717) is 6.04 Å². The summed E-state index contributed by atoms with van der Waals surface area (Å²) >= 11 is 0. The Labute approximate surface area is 65.0 Å². The minimum Gasteiger partial charge on any atom is -0.328 e. The Kier molecular flexibility index (Phi) is 4.71. The Morgan fingerprint density at radius 3 is 2.00 bits per heavy atom. The van der Waals surface area contributed by atoms with E-state index in [2.05, 4.69) is 27.7 Å². The van der Waals surface area contributed by atoms with Crippen LogP contribution >= 0.6 is 0 Å². The van der Waals surface area contributed by atoms with E-state index in [1.54, 1.807) is 0 Å². The third-order valence-electron chi connectivity index (χ3n) is 2.34. The molecular weight excluding hydrogens is 122 g/mol. The van der Waals surface area contributed by atoms with Crippen molar-refractivity contribution in [3.05, 3.63) is 0 Å². The van der Waals surface area contributed by atoms with Gasteiger partial charge in [0.1, 0.15) is 0 Å². The molecule has 0 rings (SSSR count). The van der Waals surface area contributed by atoms with Crippen LogP contribution in [-0.2, 0) is 0 Å². The van der Waals surface area contributed by atoms with Crippen LogP contribution in [0.5, 0.6) is 0 Å². The van der Waals surface area contributed by atoms with Crippen LogP contribution in [0.15, 0.2) is 0 Å². The summed E-state index contributed by atoms with van der Waals surface area (Å²) in [6, 6.07) is 0.414. The smallest absolute Gasteiger partial charge is 0.00388 e. The molecule has 1 heteroatoms. The standard InChI is InChI=1S/C9H21N/c1-5-9(10)6-8(4)7(2)3/h7-9H,5-6,10H2,1-4H3/t8-,9+/m1/s1. The molecule has 0 aliphatic heterocycles. The van der Waals surface area contributed by atoms with Crippen molar-refractivity contribution in [1.29, 1.82) is 0 Å². The van der Waals surface area contributed by atoms with E-state index < -0.39 is 0 Å². The molecule has 0 spiro atoms. The molecule has 0 heterocycles. The van der Waals surface area contributed by atoms with Crippen LogP contribution in [0.4, 0.5) is 0 Å². The van der Waals surface area contributed by atoms with Crippen LogP contribution in [-0.4, -0.2) is 6.04 Å². The third-order valence-corrected chi connectivity index (χ3v) is 2.34. The van der Waals surface area contributed by atoms with Crippen molar-refractivity contribution in [2.45, 2.75) is 46.6 Å². The molecule has 0 fully saturated rings. The lowest BCUT2D eigenvalue weighted by Crippen LogP contribution is -2.23. The predicted octanol–water partition coefficient (Wildman–Crippen LogP) is 2.41. The molecular formula is C9H21N. The zero-order valence-corrected chi connectivity index (χ0v) is 7.72. The van der Waals surface area contributed by atoms with E-state index in [4.69, 9.17) is 5.73 Å². The second kappa shape index (κ2) is 4.73. The van der Waals surface area contributed by atoms with Gasteiger partial charge in [0.25, 0.3) is 0 Å². The molecule has 0 unspecified atom stereocenters. The Balaban J connectivity index is 3.46. The maximum Gasteiger partial charge on any atom is 0.00388 e. The molecule has 0 aliphatic rings. The summed E-state index contributed by atoms with van der Waals surface area (Å²) < 4.78 is 0. The molecule has 1 nitrogen and oxygen atoms in total. The number of nitrogens with two attached hydrogens (primary N) is 1. The summed E-state index contributed by atoms with van der Waals surface area (Å²) in [6.07, 6.45) is 2.28. The van der Waals surface area contributed by atoms with Gasteiger partial charge in [0.2, 0.25) is 0 Å².